The van der Waals surface area contributed by atoms with Gasteiger partial charge < -0.3 is 0 Å². The van der Waals surface area contributed by atoms with Gasteiger partial charge in [-0.2, -0.15) is 0 Å². The van der Waals surface area contributed by atoms with Gasteiger partial charge in [-0.1, -0.05) is 60.1 Å². The summed E-state index contributed by atoms with van der Waals surface area (Å²) in [4.78, 5) is 28.3. The summed E-state index contributed by atoms with van der Waals surface area (Å²) in [6.07, 6.45) is 3.56. The minimum Gasteiger partial charge on any atom is -0.268 e. The first-order valence-corrected chi connectivity index (χ1v) is 9.11. The van der Waals surface area contributed by atoms with Gasteiger partial charge in [0.15, 0.2) is 0 Å². The molecule has 0 spiro atoms. The molecule has 1 heterocycles. The molecule has 0 fully saturated rings. The van der Waals surface area contributed by atoms with Gasteiger partial charge in [0, 0.05) is 12.1 Å². The highest BCUT2D eigenvalue weighted by Gasteiger charge is 2.16. The lowest BCUT2D eigenvalue weighted by Gasteiger charge is -2.12. The van der Waals surface area contributed by atoms with Crippen molar-refractivity contribution in [1.29, 1.82) is 0 Å². The van der Waals surface area contributed by atoms with E-state index < -0.39 is 4.92 Å². The molecule has 0 radical (unpaired) electrons. The van der Waals surface area contributed by atoms with Crippen molar-refractivity contribution in [2.75, 3.05) is 0 Å². The summed E-state index contributed by atoms with van der Waals surface area (Å²) >= 11 is 6.30. The SMILES string of the molecule is O=c1c2ccccc2nc(C=Cc2ccccc2)n1-c1ccc([N+](=O)[O-])cc1Cl. The van der Waals surface area contributed by atoms with Crippen LogP contribution in [-0.2, 0) is 0 Å². The van der Waals surface area contributed by atoms with Crippen LogP contribution in [0, 0.1) is 10.1 Å². The number of nitro benzene ring substituents is 1. The fourth-order valence-corrected chi connectivity index (χ4v) is 3.28. The highest BCUT2D eigenvalue weighted by molar-refractivity contribution is 6.32. The first-order valence-electron chi connectivity index (χ1n) is 8.74. The minimum atomic E-state index is -0.534. The van der Waals surface area contributed by atoms with E-state index in [0.29, 0.717) is 22.4 Å². The lowest BCUT2D eigenvalue weighted by atomic mass is 10.2. The van der Waals surface area contributed by atoms with Crippen LogP contribution in [0.15, 0.2) is 77.6 Å². The van der Waals surface area contributed by atoms with Crippen LogP contribution in [0.1, 0.15) is 11.4 Å². The summed E-state index contributed by atoms with van der Waals surface area (Å²) in [5, 5.41) is 11.5. The van der Waals surface area contributed by atoms with Crippen LogP contribution >= 0.6 is 11.6 Å². The molecule has 6 nitrogen and oxygen atoms in total. The average Bonchev–Trinajstić information content (AvgIpc) is 2.73. The maximum Gasteiger partial charge on any atom is 0.271 e. The zero-order valence-electron chi connectivity index (χ0n) is 15.0. The van der Waals surface area contributed by atoms with Crippen molar-refractivity contribution >= 4 is 40.3 Å². The van der Waals surface area contributed by atoms with Gasteiger partial charge in [-0.3, -0.25) is 19.5 Å². The van der Waals surface area contributed by atoms with Crippen LogP contribution in [0.5, 0.6) is 0 Å². The fraction of sp³-hybridized carbons (Fsp3) is 0. The van der Waals surface area contributed by atoms with E-state index in [4.69, 9.17) is 11.6 Å². The largest absolute Gasteiger partial charge is 0.271 e. The Morgan fingerprint density at radius 2 is 1.69 bits per heavy atom. The van der Waals surface area contributed by atoms with Gasteiger partial charge in [-0.15, -0.1) is 0 Å². The third-order valence-corrected chi connectivity index (χ3v) is 4.71. The number of hydrogen-bond acceptors (Lipinski definition) is 4. The van der Waals surface area contributed by atoms with Gasteiger partial charge in [-0.25, -0.2) is 4.98 Å². The summed E-state index contributed by atoms with van der Waals surface area (Å²) in [6, 6.07) is 20.6. The smallest absolute Gasteiger partial charge is 0.268 e. The van der Waals surface area contributed by atoms with E-state index in [2.05, 4.69) is 4.98 Å². The summed E-state index contributed by atoms with van der Waals surface area (Å²) in [6.45, 7) is 0. The van der Waals surface area contributed by atoms with Gasteiger partial charge in [0.25, 0.3) is 11.2 Å². The molecule has 3 aromatic carbocycles. The standard InChI is InChI=1S/C22H14ClN3O3/c23-18-14-16(26(28)29)11-12-20(18)25-21(13-10-15-6-2-1-3-7-15)24-19-9-5-4-8-17(19)22(25)27/h1-14H. The maximum atomic E-state index is 13.2. The monoisotopic (exact) mass is 403 g/mol. The van der Waals surface area contributed by atoms with Gasteiger partial charge in [0.2, 0.25) is 0 Å². The molecule has 0 aliphatic heterocycles. The van der Waals surface area contributed by atoms with Crippen LogP contribution in [0.4, 0.5) is 5.69 Å². The third kappa shape index (κ3) is 3.66. The second kappa shape index (κ2) is 7.69. The van der Waals surface area contributed by atoms with Crippen LogP contribution in [-0.4, -0.2) is 14.5 Å². The molecule has 142 valence electrons. The van der Waals surface area contributed by atoms with Gasteiger partial charge in [0.05, 0.1) is 26.5 Å². The Morgan fingerprint density at radius 1 is 0.966 bits per heavy atom. The molecule has 4 rings (SSSR count). The molecule has 0 amide bonds. The van der Waals surface area contributed by atoms with Crippen molar-refractivity contribution in [3.8, 4) is 5.69 Å². The molecular weight excluding hydrogens is 390 g/mol. The van der Waals surface area contributed by atoms with E-state index in [0.717, 1.165) is 5.56 Å². The second-order valence-electron chi connectivity index (χ2n) is 6.26. The molecule has 0 aliphatic carbocycles. The first kappa shape index (κ1) is 18.6. The summed E-state index contributed by atoms with van der Waals surface area (Å²) in [7, 11) is 0. The molecule has 4 aromatic rings. The van der Waals surface area contributed by atoms with E-state index in [1.165, 1.54) is 22.8 Å². The number of benzene rings is 3. The highest BCUT2D eigenvalue weighted by atomic mass is 35.5. The zero-order chi connectivity index (χ0) is 20.4. The molecule has 0 unspecified atom stereocenters. The zero-order valence-corrected chi connectivity index (χ0v) is 15.8. The molecule has 0 N–H and O–H groups in total. The number of halogens is 1. The Hall–Kier alpha value is -3.77. The van der Waals surface area contributed by atoms with Crippen molar-refractivity contribution < 1.29 is 4.92 Å². The molecule has 7 heteroatoms. The summed E-state index contributed by atoms with van der Waals surface area (Å²) < 4.78 is 1.37. The average molecular weight is 404 g/mol. The van der Waals surface area contributed by atoms with Crippen LogP contribution in [0.3, 0.4) is 0 Å². The number of hydrogen-bond donors (Lipinski definition) is 0. The predicted molar refractivity (Wildman–Crippen MR) is 114 cm³/mol. The van der Waals surface area contributed by atoms with Crippen LogP contribution in [0.25, 0.3) is 28.7 Å². The lowest BCUT2D eigenvalue weighted by molar-refractivity contribution is -0.384. The number of nitrogens with zero attached hydrogens (tertiary/aromatic N) is 3. The molecule has 1 aromatic heterocycles. The van der Waals surface area contributed by atoms with Crippen molar-refractivity contribution in [3.05, 3.63) is 110 Å². The van der Waals surface area contributed by atoms with Crippen molar-refractivity contribution in [2.24, 2.45) is 0 Å². The molecule has 29 heavy (non-hydrogen) atoms. The van der Waals surface area contributed by atoms with Gasteiger partial charge in [-0.05, 0) is 29.8 Å². The second-order valence-corrected chi connectivity index (χ2v) is 6.67. The van der Waals surface area contributed by atoms with Crippen molar-refractivity contribution in [1.82, 2.24) is 9.55 Å². The van der Waals surface area contributed by atoms with E-state index in [1.54, 1.807) is 24.3 Å². The normalized spacial score (nSPS) is 11.2. The predicted octanol–water partition coefficient (Wildman–Crippen LogP) is 5.12. The van der Waals surface area contributed by atoms with E-state index in [9.17, 15) is 14.9 Å². The molecular formula is C22H14ClN3O3. The molecule has 0 saturated heterocycles. The van der Waals surface area contributed by atoms with E-state index in [1.807, 2.05) is 42.5 Å². The first-order chi connectivity index (χ1) is 14.0. The Morgan fingerprint density at radius 3 is 2.41 bits per heavy atom. The molecule has 0 atom stereocenters. The van der Waals surface area contributed by atoms with Crippen LogP contribution in [0.2, 0.25) is 5.02 Å². The Bertz CT molecular complexity index is 1310. The third-order valence-electron chi connectivity index (χ3n) is 4.41. The van der Waals surface area contributed by atoms with Gasteiger partial charge >= 0.3 is 0 Å². The quantitative estimate of drug-likeness (QED) is 0.350. The molecule has 0 aliphatic rings. The number of para-hydroxylation sites is 1. The Balaban J connectivity index is 1.96. The summed E-state index contributed by atoms with van der Waals surface area (Å²) in [5.41, 5.74) is 1.37. The van der Waals surface area contributed by atoms with Crippen LogP contribution < -0.4 is 5.56 Å². The lowest BCUT2D eigenvalue weighted by Crippen LogP contribution is -2.22. The number of fused-ring (bicyclic) bond motifs is 1. The van der Waals surface area contributed by atoms with Gasteiger partial charge in [0.1, 0.15) is 5.82 Å². The highest BCUT2D eigenvalue weighted by Crippen LogP contribution is 2.26. The van der Waals surface area contributed by atoms with E-state index >= 15 is 0 Å². The van der Waals surface area contributed by atoms with Crippen molar-refractivity contribution in [3.63, 3.8) is 0 Å². The fourth-order valence-electron chi connectivity index (χ4n) is 3.02. The van der Waals surface area contributed by atoms with Crippen molar-refractivity contribution in [2.45, 2.75) is 0 Å². The maximum absolute atomic E-state index is 13.2. The Labute approximate surface area is 170 Å². The molecule has 0 saturated carbocycles. The number of non-ortho nitro benzene ring substituents is 1. The number of aromatic nitrogens is 2. The molecule has 0 bridgehead atoms. The number of nitro groups is 1. The number of rotatable bonds is 4. The Kier molecular flexibility index (Phi) is 4.93. The van der Waals surface area contributed by atoms with E-state index in [-0.39, 0.29) is 16.3 Å². The summed E-state index contributed by atoms with van der Waals surface area (Å²) in [5.74, 6) is 0.369. The minimum absolute atomic E-state index is 0.0905. The topological polar surface area (TPSA) is 78.0 Å².